The Balaban J connectivity index is 1.69. The molecule has 0 aliphatic carbocycles. The molecule has 0 atom stereocenters. The van der Waals surface area contributed by atoms with Gasteiger partial charge in [0.15, 0.2) is 5.13 Å². The van der Waals surface area contributed by atoms with Crippen molar-refractivity contribution in [1.82, 2.24) is 4.98 Å². The molecule has 4 rings (SSSR count). The van der Waals surface area contributed by atoms with E-state index in [2.05, 4.69) is 33.0 Å². The van der Waals surface area contributed by atoms with Crippen LogP contribution in [0.2, 0.25) is 0 Å². The van der Waals surface area contributed by atoms with E-state index < -0.39 is 0 Å². The van der Waals surface area contributed by atoms with Crippen molar-refractivity contribution in [1.29, 1.82) is 0 Å². The van der Waals surface area contributed by atoms with Gasteiger partial charge in [0, 0.05) is 24.2 Å². The van der Waals surface area contributed by atoms with Crippen LogP contribution in [0.15, 0.2) is 24.4 Å². The van der Waals surface area contributed by atoms with Crippen LogP contribution in [0.3, 0.4) is 0 Å². The normalized spacial score (nSPS) is 16.8. The van der Waals surface area contributed by atoms with Gasteiger partial charge in [0.1, 0.15) is 18.0 Å². The predicted molar refractivity (Wildman–Crippen MR) is 81.7 cm³/mol. The first kappa shape index (κ1) is 11.8. The molecule has 0 bridgehead atoms. The third kappa shape index (κ3) is 1.87. The lowest BCUT2D eigenvalue weighted by Gasteiger charge is -2.41. The van der Waals surface area contributed by atoms with E-state index in [1.54, 1.807) is 11.3 Å². The highest BCUT2D eigenvalue weighted by Gasteiger charge is 2.28. The van der Waals surface area contributed by atoms with Crippen LogP contribution in [0, 0.1) is 0 Å². The van der Waals surface area contributed by atoms with Crippen molar-refractivity contribution < 1.29 is 4.74 Å². The van der Waals surface area contributed by atoms with Gasteiger partial charge in [-0.2, -0.15) is 0 Å². The molecule has 2 N–H and O–H groups in total. The summed E-state index contributed by atoms with van der Waals surface area (Å²) in [6, 6.07) is 6.29. The van der Waals surface area contributed by atoms with E-state index in [-0.39, 0.29) is 0 Å². The van der Waals surface area contributed by atoms with Crippen molar-refractivity contribution in [3.8, 4) is 5.75 Å². The average molecular weight is 288 g/mol. The van der Waals surface area contributed by atoms with Gasteiger partial charge in [-0.3, -0.25) is 0 Å². The summed E-state index contributed by atoms with van der Waals surface area (Å²) in [5, 5.41) is 0.636. The molecule has 2 aliphatic rings. The van der Waals surface area contributed by atoms with Crippen LogP contribution < -0.4 is 20.3 Å². The molecule has 1 aromatic carbocycles. The van der Waals surface area contributed by atoms with Crippen molar-refractivity contribution in [2.24, 2.45) is 0 Å². The highest BCUT2D eigenvalue weighted by Crippen LogP contribution is 2.43. The molecule has 3 heterocycles. The summed E-state index contributed by atoms with van der Waals surface area (Å²) in [6.45, 7) is 4.68. The van der Waals surface area contributed by atoms with Gasteiger partial charge in [0.2, 0.25) is 0 Å². The summed E-state index contributed by atoms with van der Waals surface area (Å²) in [5.41, 5.74) is 8.20. The molecule has 1 aromatic heterocycles. The van der Waals surface area contributed by atoms with E-state index in [0.717, 1.165) is 38.5 Å². The Labute approximate surface area is 121 Å². The zero-order valence-electron chi connectivity index (χ0n) is 11.1. The Bertz CT molecular complexity index is 642. The van der Waals surface area contributed by atoms with Crippen LogP contribution in [0.25, 0.3) is 0 Å². The molecule has 0 radical (unpaired) electrons. The molecule has 104 valence electrons. The van der Waals surface area contributed by atoms with Crippen LogP contribution in [0.4, 0.5) is 16.5 Å². The van der Waals surface area contributed by atoms with E-state index in [1.165, 1.54) is 16.3 Å². The lowest BCUT2D eigenvalue weighted by atomic mass is 10.1. The molecule has 2 aromatic rings. The second-order valence-electron chi connectivity index (χ2n) is 5.05. The molecule has 0 amide bonds. The van der Waals surface area contributed by atoms with Crippen LogP contribution in [-0.2, 0) is 6.54 Å². The van der Waals surface area contributed by atoms with Crippen LogP contribution in [0.5, 0.6) is 5.75 Å². The second kappa shape index (κ2) is 4.56. The summed E-state index contributed by atoms with van der Waals surface area (Å²) < 4.78 is 5.77. The molecule has 5 nitrogen and oxygen atoms in total. The van der Waals surface area contributed by atoms with Crippen LogP contribution in [-0.4, -0.2) is 31.2 Å². The number of ether oxygens (including phenoxy) is 1. The largest absolute Gasteiger partial charge is 0.489 e. The third-order valence-corrected chi connectivity index (χ3v) is 4.62. The van der Waals surface area contributed by atoms with E-state index in [9.17, 15) is 0 Å². The summed E-state index contributed by atoms with van der Waals surface area (Å²) in [6.07, 6.45) is 1.87. The second-order valence-corrected chi connectivity index (χ2v) is 6.19. The molecule has 0 saturated carbocycles. The first-order chi connectivity index (χ1) is 9.81. The highest BCUT2D eigenvalue weighted by molar-refractivity contribution is 7.15. The van der Waals surface area contributed by atoms with E-state index in [1.807, 2.05) is 6.20 Å². The quantitative estimate of drug-likeness (QED) is 0.915. The number of nitrogens with two attached hydrogens (primary N) is 1. The van der Waals surface area contributed by atoms with E-state index in [0.29, 0.717) is 5.13 Å². The molecule has 0 saturated heterocycles. The van der Waals surface area contributed by atoms with Gasteiger partial charge in [0.05, 0.1) is 18.8 Å². The molecular formula is C14H16N4OS. The third-order valence-electron chi connectivity index (χ3n) is 3.81. The zero-order valence-corrected chi connectivity index (χ0v) is 11.9. The minimum absolute atomic E-state index is 0.636. The van der Waals surface area contributed by atoms with Crippen LogP contribution in [0.1, 0.15) is 4.88 Å². The number of hydrogen-bond donors (Lipinski definition) is 1. The number of nitrogen functional groups attached to an aromatic ring is 1. The Morgan fingerprint density at radius 3 is 3.10 bits per heavy atom. The molecule has 20 heavy (non-hydrogen) atoms. The Hall–Kier alpha value is -1.95. The minimum atomic E-state index is 0.636. The number of hydrogen-bond acceptors (Lipinski definition) is 6. The smallest absolute Gasteiger partial charge is 0.180 e. The van der Waals surface area contributed by atoms with Crippen molar-refractivity contribution in [2.75, 3.05) is 41.8 Å². The van der Waals surface area contributed by atoms with Crippen molar-refractivity contribution in [3.05, 3.63) is 29.3 Å². The maximum atomic E-state index is 5.77. The topological polar surface area (TPSA) is 54.6 Å². The molecule has 0 fully saturated rings. The molecule has 0 spiro atoms. The van der Waals surface area contributed by atoms with Gasteiger partial charge in [-0.1, -0.05) is 6.07 Å². The maximum Gasteiger partial charge on any atom is 0.180 e. The number of rotatable bonds is 2. The van der Waals surface area contributed by atoms with Crippen molar-refractivity contribution in [3.63, 3.8) is 0 Å². The highest BCUT2D eigenvalue weighted by atomic mass is 32.1. The minimum Gasteiger partial charge on any atom is -0.489 e. The van der Waals surface area contributed by atoms with Gasteiger partial charge < -0.3 is 20.3 Å². The van der Waals surface area contributed by atoms with Crippen LogP contribution >= 0.6 is 11.3 Å². The number of anilines is 3. The fourth-order valence-electron chi connectivity index (χ4n) is 2.91. The number of aromatic nitrogens is 1. The number of thiazole rings is 1. The first-order valence-electron chi connectivity index (χ1n) is 6.77. The van der Waals surface area contributed by atoms with Gasteiger partial charge in [-0.15, -0.1) is 11.3 Å². The Morgan fingerprint density at radius 1 is 1.30 bits per heavy atom. The fourth-order valence-corrected chi connectivity index (χ4v) is 3.61. The van der Waals surface area contributed by atoms with Crippen molar-refractivity contribution in [2.45, 2.75) is 6.54 Å². The predicted octanol–water partition coefficient (Wildman–Crippen LogP) is 1.94. The van der Waals surface area contributed by atoms with Gasteiger partial charge >= 0.3 is 0 Å². The summed E-state index contributed by atoms with van der Waals surface area (Å²) in [7, 11) is 0. The summed E-state index contributed by atoms with van der Waals surface area (Å²) >= 11 is 1.56. The van der Waals surface area contributed by atoms with E-state index in [4.69, 9.17) is 10.5 Å². The van der Waals surface area contributed by atoms with Gasteiger partial charge in [0.25, 0.3) is 0 Å². The zero-order chi connectivity index (χ0) is 13.5. The standard InChI is InChI=1S/C14H16N4OS/c15-14-16-8-10(20-14)9-18-5-4-17-6-7-19-12-3-1-2-11(18)13(12)17/h1-3,8H,4-7,9H2,(H2,15,16). The van der Waals surface area contributed by atoms with Gasteiger partial charge in [-0.05, 0) is 12.1 Å². The monoisotopic (exact) mass is 288 g/mol. The number of para-hydroxylation sites is 1. The number of benzene rings is 1. The lowest BCUT2D eigenvalue weighted by Crippen LogP contribution is -2.44. The molecule has 0 unspecified atom stereocenters. The molecule has 2 aliphatic heterocycles. The fraction of sp³-hybridized carbons (Fsp3) is 0.357. The average Bonchev–Trinajstić information content (AvgIpc) is 2.88. The Kier molecular flexibility index (Phi) is 2.70. The first-order valence-corrected chi connectivity index (χ1v) is 7.59. The SMILES string of the molecule is Nc1ncc(CN2CCN3CCOc4cccc2c43)s1. The van der Waals surface area contributed by atoms with Crippen molar-refractivity contribution >= 4 is 27.8 Å². The maximum absolute atomic E-state index is 5.77. The Morgan fingerprint density at radius 2 is 2.25 bits per heavy atom. The molecular weight excluding hydrogens is 272 g/mol. The van der Waals surface area contributed by atoms with Gasteiger partial charge in [-0.25, -0.2) is 4.98 Å². The summed E-state index contributed by atoms with van der Waals surface area (Å²) in [5.74, 6) is 1.00. The van der Waals surface area contributed by atoms with E-state index >= 15 is 0 Å². The summed E-state index contributed by atoms with van der Waals surface area (Å²) in [4.78, 5) is 10.1. The number of nitrogens with zero attached hydrogens (tertiary/aromatic N) is 3. The lowest BCUT2D eigenvalue weighted by molar-refractivity contribution is 0.306. The molecule has 6 heteroatoms.